The maximum atomic E-state index is 12.5. The SMILES string of the molecule is O=C(NCCc1nnc2n1CCC2)NC(C1CCCC1)C1CCCC1. The van der Waals surface area contributed by atoms with Crippen molar-refractivity contribution in [2.24, 2.45) is 11.8 Å². The van der Waals surface area contributed by atoms with Gasteiger partial charge in [-0.15, -0.1) is 10.2 Å². The number of nitrogens with zero attached hydrogens (tertiary/aromatic N) is 3. The number of fused-ring (bicyclic) bond motifs is 1. The summed E-state index contributed by atoms with van der Waals surface area (Å²) in [6.45, 7) is 1.65. The molecule has 3 aliphatic rings. The van der Waals surface area contributed by atoms with Gasteiger partial charge in [0.2, 0.25) is 0 Å². The third kappa shape index (κ3) is 3.82. The molecule has 2 saturated carbocycles. The molecule has 0 unspecified atom stereocenters. The summed E-state index contributed by atoms with van der Waals surface area (Å²) >= 11 is 0. The Labute approximate surface area is 150 Å². The van der Waals surface area contributed by atoms with Gasteiger partial charge in [-0.2, -0.15) is 0 Å². The van der Waals surface area contributed by atoms with E-state index in [1.807, 2.05) is 0 Å². The Bertz CT molecular complexity index is 571. The molecule has 6 heteroatoms. The van der Waals surface area contributed by atoms with Crippen LogP contribution >= 0.6 is 0 Å². The zero-order valence-corrected chi connectivity index (χ0v) is 15.2. The van der Waals surface area contributed by atoms with Crippen molar-refractivity contribution in [3.63, 3.8) is 0 Å². The van der Waals surface area contributed by atoms with Crippen LogP contribution in [0.25, 0.3) is 0 Å². The topological polar surface area (TPSA) is 71.8 Å². The van der Waals surface area contributed by atoms with E-state index in [9.17, 15) is 4.79 Å². The summed E-state index contributed by atoms with van der Waals surface area (Å²) in [6.07, 6.45) is 13.4. The minimum atomic E-state index is 0.00459. The Morgan fingerprint density at radius 2 is 1.72 bits per heavy atom. The lowest BCUT2D eigenvalue weighted by atomic mass is 9.86. The van der Waals surface area contributed by atoms with Crippen LogP contribution in [0.15, 0.2) is 0 Å². The summed E-state index contributed by atoms with van der Waals surface area (Å²) < 4.78 is 2.21. The van der Waals surface area contributed by atoms with E-state index >= 15 is 0 Å². The van der Waals surface area contributed by atoms with Crippen LogP contribution in [0.1, 0.15) is 69.4 Å². The average Bonchev–Trinajstić information content (AvgIpc) is 3.37. The van der Waals surface area contributed by atoms with Crippen molar-refractivity contribution in [1.29, 1.82) is 0 Å². The van der Waals surface area contributed by atoms with E-state index in [2.05, 4.69) is 25.4 Å². The minimum Gasteiger partial charge on any atom is -0.338 e. The van der Waals surface area contributed by atoms with Gasteiger partial charge in [0, 0.05) is 32.0 Å². The number of nitrogens with one attached hydrogen (secondary N) is 2. The number of aryl methyl sites for hydroxylation is 1. The first-order valence-electron chi connectivity index (χ1n) is 10.3. The Hall–Kier alpha value is -1.59. The van der Waals surface area contributed by atoms with Crippen LogP contribution in [0.4, 0.5) is 4.79 Å². The standard InChI is InChI=1S/C19H31N5O/c25-19(20-12-11-17-23-22-16-10-5-13-24(16)17)21-18(14-6-1-2-7-14)15-8-3-4-9-15/h14-15,18H,1-13H2,(H2,20,21,25). The van der Waals surface area contributed by atoms with Gasteiger partial charge in [0.1, 0.15) is 11.6 Å². The molecular formula is C19H31N5O. The van der Waals surface area contributed by atoms with Crippen molar-refractivity contribution in [1.82, 2.24) is 25.4 Å². The van der Waals surface area contributed by atoms with E-state index in [1.54, 1.807) is 0 Å². The number of amides is 2. The van der Waals surface area contributed by atoms with Crippen LogP contribution in [0, 0.1) is 11.8 Å². The van der Waals surface area contributed by atoms with Crippen LogP contribution in [0.3, 0.4) is 0 Å². The summed E-state index contributed by atoms with van der Waals surface area (Å²) in [7, 11) is 0. The Balaban J connectivity index is 1.27. The first-order valence-corrected chi connectivity index (χ1v) is 10.3. The highest BCUT2D eigenvalue weighted by Crippen LogP contribution is 2.37. The molecule has 2 N–H and O–H groups in total. The van der Waals surface area contributed by atoms with Gasteiger partial charge in [-0.05, 0) is 43.9 Å². The molecule has 138 valence electrons. The molecule has 2 fully saturated rings. The van der Waals surface area contributed by atoms with Crippen LogP contribution in [-0.2, 0) is 19.4 Å². The van der Waals surface area contributed by atoms with Gasteiger partial charge in [-0.1, -0.05) is 25.7 Å². The van der Waals surface area contributed by atoms with Gasteiger partial charge in [0.05, 0.1) is 0 Å². The molecule has 25 heavy (non-hydrogen) atoms. The van der Waals surface area contributed by atoms with E-state index in [-0.39, 0.29) is 6.03 Å². The summed E-state index contributed by atoms with van der Waals surface area (Å²) in [6, 6.07) is 0.382. The van der Waals surface area contributed by atoms with Gasteiger partial charge >= 0.3 is 6.03 Å². The molecular weight excluding hydrogens is 314 g/mol. The molecule has 0 atom stereocenters. The van der Waals surface area contributed by atoms with Crippen LogP contribution in [-0.4, -0.2) is 33.4 Å². The molecule has 1 aliphatic heterocycles. The van der Waals surface area contributed by atoms with Crippen molar-refractivity contribution >= 4 is 6.03 Å². The molecule has 0 radical (unpaired) electrons. The Kier molecular flexibility index (Phi) is 5.22. The van der Waals surface area contributed by atoms with Gasteiger partial charge in [-0.3, -0.25) is 0 Å². The van der Waals surface area contributed by atoms with Crippen molar-refractivity contribution in [2.75, 3.05) is 6.54 Å². The molecule has 6 nitrogen and oxygen atoms in total. The van der Waals surface area contributed by atoms with E-state index < -0.39 is 0 Å². The number of carbonyl (C=O) groups excluding carboxylic acids is 1. The molecule has 0 spiro atoms. The Morgan fingerprint density at radius 1 is 1.04 bits per heavy atom. The van der Waals surface area contributed by atoms with Crippen LogP contribution in [0.5, 0.6) is 0 Å². The van der Waals surface area contributed by atoms with E-state index in [1.165, 1.54) is 51.4 Å². The zero-order valence-electron chi connectivity index (χ0n) is 15.2. The maximum Gasteiger partial charge on any atom is 0.315 e. The number of hydrogen-bond acceptors (Lipinski definition) is 3. The summed E-state index contributed by atoms with van der Waals surface area (Å²) in [5.74, 6) is 3.49. The number of aromatic nitrogens is 3. The minimum absolute atomic E-state index is 0.00459. The van der Waals surface area contributed by atoms with Gasteiger partial charge in [0.25, 0.3) is 0 Å². The second-order valence-corrected chi connectivity index (χ2v) is 8.05. The fourth-order valence-corrected chi connectivity index (χ4v) is 5.14. The zero-order chi connectivity index (χ0) is 17.1. The molecule has 2 heterocycles. The fraction of sp³-hybridized carbons (Fsp3) is 0.842. The molecule has 0 saturated heterocycles. The molecule has 2 aliphatic carbocycles. The largest absolute Gasteiger partial charge is 0.338 e. The highest BCUT2D eigenvalue weighted by atomic mass is 16.2. The van der Waals surface area contributed by atoms with Crippen molar-refractivity contribution in [3.8, 4) is 0 Å². The van der Waals surface area contributed by atoms with E-state index in [0.717, 1.165) is 37.5 Å². The molecule has 0 bridgehead atoms. The molecule has 2 amide bonds. The van der Waals surface area contributed by atoms with Crippen LogP contribution in [0.2, 0.25) is 0 Å². The van der Waals surface area contributed by atoms with Crippen molar-refractivity contribution in [3.05, 3.63) is 11.6 Å². The highest BCUT2D eigenvalue weighted by molar-refractivity contribution is 5.74. The lowest BCUT2D eigenvalue weighted by Crippen LogP contribution is -2.48. The smallest absolute Gasteiger partial charge is 0.315 e. The number of urea groups is 1. The second-order valence-electron chi connectivity index (χ2n) is 8.05. The summed E-state index contributed by atoms with van der Waals surface area (Å²) in [5.41, 5.74) is 0. The van der Waals surface area contributed by atoms with Gasteiger partial charge < -0.3 is 15.2 Å². The summed E-state index contributed by atoms with van der Waals surface area (Å²) in [4.78, 5) is 12.5. The monoisotopic (exact) mass is 345 g/mol. The highest BCUT2D eigenvalue weighted by Gasteiger charge is 2.34. The molecule has 4 rings (SSSR count). The van der Waals surface area contributed by atoms with E-state index in [4.69, 9.17) is 0 Å². The van der Waals surface area contributed by atoms with Crippen molar-refractivity contribution < 1.29 is 4.79 Å². The predicted molar refractivity (Wildman–Crippen MR) is 96.3 cm³/mol. The number of rotatable bonds is 6. The quantitative estimate of drug-likeness (QED) is 0.833. The third-order valence-electron chi connectivity index (χ3n) is 6.43. The number of hydrogen-bond donors (Lipinski definition) is 2. The molecule has 1 aromatic heterocycles. The summed E-state index contributed by atoms with van der Waals surface area (Å²) in [5, 5.41) is 14.9. The fourth-order valence-electron chi connectivity index (χ4n) is 5.14. The van der Waals surface area contributed by atoms with Crippen molar-refractivity contribution in [2.45, 2.75) is 83.2 Å². The molecule has 0 aromatic carbocycles. The second kappa shape index (κ2) is 7.75. The lowest BCUT2D eigenvalue weighted by Gasteiger charge is -2.30. The van der Waals surface area contributed by atoms with Gasteiger partial charge in [0.15, 0.2) is 0 Å². The first-order chi connectivity index (χ1) is 12.3. The Morgan fingerprint density at radius 3 is 2.40 bits per heavy atom. The molecule has 1 aromatic rings. The number of carbonyl (C=O) groups is 1. The normalized spacial score (nSPS) is 21.2. The first kappa shape index (κ1) is 16.9. The maximum absolute atomic E-state index is 12.5. The third-order valence-corrected chi connectivity index (χ3v) is 6.43. The van der Waals surface area contributed by atoms with Crippen LogP contribution < -0.4 is 10.6 Å². The lowest BCUT2D eigenvalue weighted by molar-refractivity contribution is 0.215. The van der Waals surface area contributed by atoms with E-state index in [0.29, 0.717) is 24.4 Å². The average molecular weight is 345 g/mol. The predicted octanol–water partition coefficient (Wildman–Crippen LogP) is 2.82. The van der Waals surface area contributed by atoms with Gasteiger partial charge in [-0.25, -0.2) is 4.79 Å².